The lowest BCUT2D eigenvalue weighted by Gasteiger charge is -2.43. The van der Waals surface area contributed by atoms with Crippen molar-refractivity contribution in [2.24, 2.45) is 5.92 Å². The fourth-order valence-electron chi connectivity index (χ4n) is 3.25. The van der Waals surface area contributed by atoms with Crippen LogP contribution in [-0.4, -0.2) is 49.1 Å². The van der Waals surface area contributed by atoms with Gasteiger partial charge < -0.3 is 10.2 Å². The number of nitrogens with zero attached hydrogens (tertiary/aromatic N) is 1. The first-order valence-electron chi connectivity index (χ1n) is 7.19. The van der Waals surface area contributed by atoms with E-state index in [9.17, 15) is 0 Å². The molecule has 1 unspecified atom stereocenters. The van der Waals surface area contributed by atoms with Crippen molar-refractivity contribution < 1.29 is 0 Å². The summed E-state index contributed by atoms with van der Waals surface area (Å²) in [7, 11) is 4.52. The fraction of sp³-hybridized carbons (Fsp3) is 1.00. The van der Waals surface area contributed by atoms with E-state index in [1.165, 1.54) is 63.1 Å². The number of hydrogen-bond acceptors (Lipinski definition) is 3. The lowest BCUT2D eigenvalue weighted by Crippen LogP contribution is -2.53. The summed E-state index contributed by atoms with van der Waals surface area (Å²) < 4.78 is 0. The molecule has 3 heteroatoms. The topological polar surface area (TPSA) is 15.3 Å². The molecule has 0 aromatic heterocycles. The molecule has 1 atom stereocenters. The van der Waals surface area contributed by atoms with Crippen LogP contribution in [0.15, 0.2) is 0 Å². The highest BCUT2D eigenvalue weighted by atomic mass is 32.2. The monoisotopic (exact) mass is 256 g/mol. The van der Waals surface area contributed by atoms with E-state index in [1.807, 2.05) is 0 Å². The van der Waals surface area contributed by atoms with Crippen molar-refractivity contribution >= 4 is 11.8 Å². The minimum atomic E-state index is 0.448. The van der Waals surface area contributed by atoms with E-state index >= 15 is 0 Å². The van der Waals surface area contributed by atoms with Crippen molar-refractivity contribution in [2.45, 2.75) is 44.1 Å². The van der Waals surface area contributed by atoms with Gasteiger partial charge in [-0.05, 0) is 57.3 Å². The molecule has 0 aromatic carbocycles. The van der Waals surface area contributed by atoms with Gasteiger partial charge in [0.05, 0.1) is 0 Å². The molecular formula is C14H28N2S. The summed E-state index contributed by atoms with van der Waals surface area (Å²) in [6.07, 6.45) is 8.46. The zero-order valence-corrected chi connectivity index (χ0v) is 12.3. The Morgan fingerprint density at radius 2 is 2.00 bits per heavy atom. The van der Waals surface area contributed by atoms with E-state index in [1.54, 1.807) is 0 Å². The summed E-state index contributed by atoms with van der Waals surface area (Å²) in [4.78, 5) is 2.47. The highest BCUT2D eigenvalue weighted by Gasteiger charge is 2.33. The Balaban J connectivity index is 1.76. The van der Waals surface area contributed by atoms with Crippen LogP contribution < -0.4 is 5.32 Å². The van der Waals surface area contributed by atoms with Crippen LogP contribution in [0.3, 0.4) is 0 Å². The SMILES string of the molecule is CN(C)C1(CNCC2CCSC2)CCCCC1. The highest BCUT2D eigenvalue weighted by Crippen LogP contribution is 2.31. The molecule has 0 amide bonds. The second kappa shape index (κ2) is 6.44. The second-order valence-corrected chi connectivity index (χ2v) is 7.19. The summed E-state index contributed by atoms with van der Waals surface area (Å²) in [5.41, 5.74) is 0.448. The average Bonchev–Trinajstić information content (AvgIpc) is 2.83. The molecule has 2 nitrogen and oxygen atoms in total. The standard InChI is InChI=1S/C14H28N2S/c1-16(2)14(7-4-3-5-8-14)12-15-10-13-6-9-17-11-13/h13,15H,3-12H2,1-2H3. The van der Waals surface area contributed by atoms with Crippen molar-refractivity contribution in [3.05, 3.63) is 0 Å². The lowest BCUT2D eigenvalue weighted by atomic mass is 9.80. The zero-order valence-electron chi connectivity index (χ0n) is 11.5. The Kier molecular flexibility index (Phi) is 5.19. The van der Waals surface area contributed by atoms with Gasteiger partial charge in [-0.3, -0.25) is 0 Å². The molecule has 0 bridgehead atoms. The van der Waals surface area contributed by atoms with Gasteiger partial charge in [-0.15, -0.1) is 0 Å². The molecule has 0 radical (unpaired) electrons. The maximum absolute atomic E-state index is 3.76. The van der Waals surface area contributed by atoms with Gasteiger partial charge in [0.25, 0.3) is 0 Å². The van der Waals surface area contributed by atoms with Gasteiger partial charge in [0.15, 0.2) is 0 Å². The Morgan fingerprint density at radius 3 is 2.59 bits per heavy atom. The van der Waals surface area contributed by atoms with Gasteiger partial charge in [0.2, 0.25) is 0 Å². The van der Waals surface area contributed by atoms with Gasteiger partial charge in [0.1, 0.15) is 0 Å². The first-order chi connectivity index (χ1) is 8.23. The Bertz CT molecular complexity index is 218. The molecule has 1 N–H and O–H groups in total. The smallest absolute Gasteiger partial charge is 0.0327 e. The first kappa shape index (κ1) is 13.7. The quantitative estimate of drug-likeness (QED) is 0.814. The van der Waals surface area contributed by atoms with E-state index in [4.69, 9.17) is 0 Å². The Hall–Kier alpha value is 0.270. The maximum atomic E-state index is 3.76. The van der Waals surface area contributed by atoms with Gasteiger partial charge in [-0.25, -0.2) is 0 Å². The van der Waals surface area contributed by atoms with Gasteiger partial charge in [0, 0.05) is 12.1 Å². The Morgan fingerprint density at radius 1 is 1.24 bits per heavy atom. The van der Waals surface area contributed by atoms with E-state index in [2.05, 4.69) is 36.1 Å². The van der Waals surface area contributed by atoms with E-state index in [0.29, 0.717) is 5.54 Å². The van der Waals surface area contributed by atoms with Crippen LogP contribution in [0.5, 0.6) is 0 Å². The summed E-state index contributed by atoms with van der Waals surface area (Å²) in [5.74, 6) is 3.69. The number of hydrogen-bond donors (Lipinski definition) is 1. The normalized spacial score (nSPS) is 28.8. The number of likely N-dealkylation sites (N-methyl/N-ethyl adjacent to an activating group) is 1. The predicted molar refractivity (Wildman–Crippen MR) is 77.8 cm³/mol. The average molecular weight is 256 g/mol. The van der Waals surface area contributed by atoms with Gasteiger partial charge in [-0.2, -0.15) is 11.8 Å². The van der Waals surface area contributed by atoms with E-state index in [0.717, 1.165) is 5.92 Å². The minimum absolute atomic E-state index is 0.448. The van der Waals surface area contributed by atoms with Crippen LogP contribution in [0.1, 0.15) is 38.5 Å². The van der Waals surface area contributed by atoms with Crippen molar-refractivity contribution in [2.75, 3.05) is 38.7 Å². The largest absolute Gasteiger partial charge is 0.315 e. The van der Waals surface area contributed by atoms with Crippen molar-refractivity contribution in [1.29, 1.82) is 0 Å². The lowest BCUT2D eigenvalue weighted by molar-refractivity contribution is 0.0978. The molecule has 1 saturated heterocycles. The predicted octanol–water partition coefficient (Wildman–Crippen LogP) is 2.59. The molecule has 2 rings (SSSR count). The van der Waals surface area contributed by atoms with Crippen LogP contribution >= 0.6 is 11.8 Å². The second-order valence-electron chi connectivity index (χ2n) is 6.04. The third-order valence-electron chi connectivity index (χ3n) is 4.64. The van der Waals surface area contributed by atoms with Gasteiger partial charge >= 0.3 is 0 Å². The van der Waals surface area contributed by atoms with Crippen molar-refractivity contribution in [1.82, 2.24) is 10.2 Å². The summed E-state index contributed by atoms with van der Waals surface area (Å²) in [5, 5.41) is 3.76. The van der Waals surface area contributed by atoms with Crippen LogP contribution in [0, 0.1) is 5.92 Å². The summed E-state index contributed by atoms with van der Waals surface area (Å²) in [6, 6.07) is 0. The van der Waals surface area contributed by atoms with Crippen molar-refractivity contribution in [3.8, 4) is 0 Å². The molecule has 100 valence electrons. The third kappa shape index (κ3) is 3.62. The zero-order chi connectivity index (χ0) is 12.1. The Labute approximate surface area is 111 Å². The first-order valence-corrected chi connectivity index (χ1v) is 8.34. The molecule has 17 heavy (non-hydrogen) atoms. The van der Waals surface area contributed by atoms with Crippen molar-refractivity contribution in [3.63, 3.8) is 0 Å². The molecular weight excluding hydrogens is 228 g/mol. The molecule has 1 saturated carbocycles. The minimum Gasteiger partial charge on any atom is -0.315 e. The molecule has 2 fully saturated rings. The molecule has 0 spiro atoms. The number of thioether (sulfide) groups is 1. The summed E-state index contributed by atoms with van der Waals surface area (Å²) >= 11 is 2.12. The number of nitrogens with one attached hydrogen (secondary N) is 1. The van der Waals surface area contributed by atoms with E-state index in [-0.39, 0.29) is 0 Å². The number of rotatable bonds is 5. The van der Waals surface area contributed by atoms with Crippen LogP contribution in [0.4, 0.5) is 0 Å². The molecule has 2 aliphatic rings. The maximum Gasteiger partial charge on any atom is 0.0327 e. The third-order valence-corrected chi connectivity index (χ3v) is 5.88. The van der Waals surface area contributed by atoms with E-state index < -0.39 is 0 Å². The van der Waals surface area contributed by atoms with Crippen LogP contribution in [0.2, 0.25) is 0 Å². The molecule has 1 aliphatic carbocycles. The highest BCUT2D eigenvalue weighted by molar-refractivity contribution is 7.99. The van der Waals surface area contributed by atoms with Crippen LogP contribution in [-0.2, 0) is 0 Å². The van der Waals surface area contributed by atoms with Crippen LogP contribution in [0.25, 0.3) is 0 Å². The summed E-state index contributed by atoms with van der Waals surface area (Å²) in [6.45, 7) is 2.43. The van der Waals surface area contributed by atoms with Gasteiger partial charge in [-0.1, -0.05) is 19.3 Å². The molecule has 0 aromatic rings. The molecule has 1 aliphatic heterocycles. The fourth-order valence-corrected chi connectivity index (χ4v) is 4.53. The molecule has 1 heterocycles.